The van der Waals surface area contributed by atoms with Gasteiger partial charge >= 0.3 is 5.97 Å². The average molecular weight is 1030 g/mol. The van der Waals surface area contributed by atoms with Gasteiger partial charge in [-0.25, -0.2) is 8.78 Å². The van der Waals surface area contributed by atoms with E-state index in [9.17, 15) is 67.3 Å². The number of hydrogen-bond donors (Lipinski definition) is 7. The van der Waals surface area contributed by atoms with Crippen molar-refractivity contribution in [3.8, 4) is 11.1 Å². The van der Waals surface area contributed by atoms with Crippen LogP contribution in [0.2, 0.25) is 0 Å². The number of imide groups is 1. The van der Waals surface area contributed by atoms with E-state index in [2.05, 4.69) is 21.3 Å². The van der Waals surface area contributed by atoms with Gasteiger partial charge in [-0.3, -0.25) is 57.6 Å². The standard InChI is InChI=1S/C51H62F2N8O13/c1-29(56-30(2)63)41(65)21-32(22-46(70)71)48(72)58-39(24-42(54)66)50(74)57-38(49(73)55-18-9-12-35(64)27-61-43(67)15-16-44(61)68)17-19-60(45(69)28-62)47(51(3,4)5)40-20-33(36-23-34(52)13-14-37(36)53)26-59(40)25-31-10-7-6-8-11-31/h6-8,10-11,13-16,20,23,26,29,32,38-39,47,62H,9,12,17-19,21-22,24-25,27-28H2,1-5H3,(H2,54,66)(H,55,73)(H,56,63)(H,57,74)(H,58,72)(H,70,71)/t29-,32+,38-,39-,47-/m0/s1. The summed E-state index contributed by atoms with van der Waals surface area (Å²) in [6.45, 7) is 5.78. The van der Waals surface area contributed by atoms with Crippen molar-refractivity contribution in [1.29, 1.82) is 0 Å². The van der Waals surface area contributed by atoms with Crippen LogP contribution in [-0.4, -0.2) is 134 Å². The fourth-order valence-electron chi connectivity index (χ4n) is 8.35. The highest BCUT2D eigenvalue weighted by Crippen LogP contribution is 2.41. The van der Waals surface area contributed by atoms with Crippen LogP contribution in [0.25, 0.3) is 11.1 Å². The van der Waals surface area contributed by atoms with Crippen LogP contribution in [-0.2, 0) is 59.3 Å². The summed E-state index contributed by atoms with van der Waals surface area (Å²) in [4.78, 5) is 143. The second kappa shape index (κ2) is 26.7. The monoisotopic (exact) mass is 1030 g/mol. The zero-order valence-electron chi connectivity index (χ0n) is 41.7. The first kappa shape index (κ1) is 58.6. The number of carboxylic acid groups (broad SMARTS) is 1. The Balaban J connectivity index is 1.72. The highest BCUT2D eigenvalue weighted by Gasteiger charge is 2.39. The minimum atomic E-state index is -1.88. The van der Waals surface area contributed by atoms with Gasteiger partial charge in [0, 0.05) is 74.6 Å². The van der Waals surface area contributed by atoms with Crippen molar-refractivity contribution >= 4 is 64.8 Å². The summed E-state index contributed by atoms with van der Waals surface area (Å²) in [7, 11) is 0. The number of hydrogen-bond acceptors (Lipinski definition) is 12. The molecule has 0 spiro atoms. The number of rotatable bonds is 28. The first-order chi connectivity index (χ1) is 34.8. The molecule has 1 aliphatic heterocycles. The molecule has 398 valence electrons. The predicted molar refractivity (Wildman–Crippen MR) is 260 cm³/mol. The Morgan fingerprint density at radius 1 is 0.824 bits per heavy atom. The van der Waals surface area contributed by atoms with Crippen molar-refractivity contribution in [2.45, 2.75) is 104 Å². The number of carbonyl (C=O) groups is 11. The molecule has 0 saturated heterocycles. The van der Waals surface area contributed by atoms with Crippen LogP contribution >= 0.6 is 0 Å². The molecule has 8 N–H and O–H groups in total. The number of nitrogens with one attached hydrogen (secondary N) is 4. The Morgan fingerprint density at radius 3 is 2.07 bits per heavy atom. The van der Waals surface area contributed by atoms with Crippen LogP contribution in [0.4, 0.5) is 8.78 Å². The normalized spacial score (nSPS) is 14.3. The molecular formula is C51H62F2N8O13. The van der Waals surface area contributed by atoms with Crippen LogP contribution in [0.1, 0.15) is 90.4 Å². The molecule has 2 heterocycles. The van der Waals surface area contributed by atoms with E-state index in [1.54, 1.807) is 55.8 Å². The summed E-state index contributed by atoms with van der Waals surface area (Å²) >= 11 is 0. The maximum Gasteiger partial charge on any atom is 0.304 e. The van der Waals surface area contributed by atoms with Gasteiger partial charge in [0.1, 0.15) is 30.3 Å². The van der Waals surface area contributed by atoms with Crippen molar-refractivity contribution in [2.24, 2.45) is 17.1 Å². The molecule has 74 heavy (non-hydrogen) atoms. The van der Waals surface area contributed by atoms with Gasteiger partial charge in [-0.05, 0) is 55.0 Å². The van der Waals surface area contributed by atoms with E-state index in [0.29, 0.717) is 5.69 Å². The number of nitrogens with two attached hydrogens (primary N) is 1. The molecule has 0 fully saturated rings. The summed E-state index contributed by atoms with van der Waals surface area (Å²) in [6, 6.07) is 7.95. The molecule has 0 unspecified atom stereocenters. The van der Waals surface area contributed by atoms with Crippen LogP contribution in [0.15, 0.2) is 72.9 Å². The lowest BCUT2D eigenvalue weighted by atomic mass is 9.82. The van der Waals surface area contributed by atoms with Gasteiger partial charge in [0.25, 0.3) is 11.8 Å². The zero-order valence-corrected chi connectivity index (χ0v) is 41.7. The molecule has 21 nitrogen and oxygen atoms in total. The highest BCUT2D eigenvalue weighted by atomic mass is 19.1. The van der Waals surface area contributed by atoms with E-state index in [1.165, 1.54) is 11.8 Å². The number of nitrogens with zero attached hydrogens (tertiary/aromatic N) is 3. The van der Waals surface area contributed by atoms with E-state index in [4.69, 9.17) is 5.73 Å². The molecule has 0 bridgehead atoms. The number of primary amides is 1. The summed E-state index contributed by atoms with van der Waals surface area (Å²) in [6.07, 6.45) is 0.431. The fraction of sp³-hybridized carbons (Fsp3) is 0.431. The summed E-state index contributed by atoms with van der Waals surface area (Å²) in [5.41, 5.74) is 5.89. The van der Waals surface area contributed by atoms with Crippen molar-refractivity contribution in [3.63, 3.8) is 0 Å². The van der Waals surface area contributed by atoms with Crippen molar-refractivity contribution in [2.75, 3.05) is 26.2 Å². The number of aliphatic hydroxyl groups is 1. The van der Waals surface area contributed by atoms with E-state index in [1.807, 2.05) is 12.1 Å². The molecule has 8 amide bonds. The zero-order chi connectivity index (χ0) is 55.0. The van der Waals surface area contributed by atoms with Gasteiger partial charge in [0.05, 0.1) is 37.4 Å². The smallest absolute Gasteiger partial charge is 0.304 e. The highest BCUT2D eigenvalue weighted by molar-refractivity contribution is 6.14. The van der Waals surface area contributed by atoms with Gasteiger partial charge in [-0.15, -0.1) is 0 Å². The van der Waals surface area contributed by atoms with E-state index < -0.39 is 157 Å². The molecule has 5 atom stereocenters. The predicted octanol–water partition coefficient (Wildman–Crippen LogP) is 1.59. The fourth-order valence-corrected chi connectivity index (χ4v) is 8.35. The molecule has 1 aromatic heterocycles. The maximum absolute atomic E-state index is 15.4. The first-order valence-corrected chi connectivity index (χ1v) is 23.6. The van der Waals surface area contributed by atoms with Crippen LogP contribution in [0.5, 0.6) is 0 Å². The molecular weight excluding hydrogens is 971 g/mol. The number of halogens is 2. The van der Waals surface area contributed by atoms with Crippen molar-refractivity contribution in [1.82, 2.24) is 35.6 Å². The lowest BCUT2D eigenvalue weighted by molar-refractivity contribution is -0.143. The Bertz CT molecular complexity index is 2630. The molecule has 3 aromatic rings. The Kier molecular flexibility index (Phi) is 21.1. The third-order valence-electron chi connectivity index (χ3n) is 11.9. The number of aliphatic carboxylic acids is 1. The molecule has 0 radical (unpaired) electrons. The molecule has 23 heteroatoms. The maximum atomic E-state index is 15.4. The third kappa shape index (κ3) is 17.1. The lowest BCUT2D eigenvalue weighted by Crippen LogP contribution is -2.56. The summed E-state index contributed by atoms with van der Waals surface area (Å²) < 4.78 is 31.7. The molecule has 0 saturated carbocycles. The summed E-state index contributed by atoms with van der Waals surface area (Å²) in [5, 5.41) is 29.7. The van der Waals surface area contributed by atoms with Gasteiger partial charge < -0.3 is 46.7 Å². The third-order valence-corrected chi connectivity index (χ3v) is 11.9. The SMILES string of the molecule is CC(=O)N[C@@H](C)C(=O)C[C@H](CC(=O)O)C(=O)N[C@@H](CC(N)=O)C(=O)N[C@@H](CCN(C(=O)CO)[C@@H](c1cc(-c2cc(F)ccc2F)cn1Cc1ccccc1)C(C)(C)C)C(=O)NCCCC(=O)CN1C(=O)C=CC1=O. The van der Waals surface area contributed by atoms with Gasteiger partial charge in [0.2, 0.25) is 35.4 Å². The van der Waals surface area contributed by atoms with E-state index in [-0.39, 0.29) is 37.1 Å². The largest absolute Gasteiger partial charge is 0.481 e. The second-order valence-electron chi connectivity index (χ2n) is 18.9. The number of benzene rings is 2. The van der Waals surface area contributed by atoms with Crippen LogP contribution in [0, 0.1) is 23.0 Å². The van der Waals surface area contributed by atoms with Gasteiger partial charge in [-0.1, -0.05) is 51.1 Å². The Morgan fingerprint density at radius 2 is 1.47 bits per heavy atom. The average Bonchev–Trinajstić information content (AvgIpc) is 3.87. The quantitative estimate of drug-likeness (QED) is 0.0402. The van der Waals surface area contributed by atoms with E-state index >= 15 is 4.39 Å². The molecule has 1 aliphatic rings. The lowest BCUT2D eigenvalue weighted by Gasteiger charge is -2.41. The number of carboxylic acids is 1. The number of aliphatic hydroxyl groups excluding tert-OH is 1. The summed E-state index contributed by atoms with van der Waals surface area (Å²) in [5.74, 6) is -13.0. The first-order valence-electron chi connectivity index (χ1n) is 23.6. The van der Waals surface area contributed by atoms with Crippen molar-refractivity contribution < 1.29 is 71.7 Å². The number of ketones is 2. The molecule has 2 aromatic carbocycles. The minimum Gasteiger partial charge on any atom is -0.481 e. The molecule has 4 rings (SSSR count). The minimum absolute atomic E-state index is 0.0205. The van der Waals surface area contributed by atoms with Crippen molar-refractivity contribution in [3.05, 3.63) is 95.8 Å². The van der Waals surface area contributed by atoms with Gasteiger partial charge in [0.15, 0.2) is 11.6 Å². The Hall–Kier alpha value is -7.95. The number of amides is 8. The topological polar surface area (TPSA) is 314 Å². The number of aromatic nitrogens is 1. The van der Waals surface area contributed by atoms with Gasteiger partial charge in [-0.2, -0.15) is 0 Å². The molecule has 0 aliphatic carbocycles. The number of Topliss-reactive ketones (excluding diaryl/α,β-unsaturated/α-hetero) is 2. The Labute approximate surface area is 425 Å². The van der Waals surface area contributed by atoms with Crippen LogP contribution in [0.3, 0.4) is 0 Å². The second-order valence-corrected chi connectivity index (χ2v) is 18.9. The van der Waals surface area contributed by atoms with Crippen LogP contribution < -0.4 is 27.0 Å². The van der Waals surface area contributed by atoms with E-state index in [0.717, 1.165) is 47.7 Å². The number of carbonyl (C=O) groups excluding carboxylic acids is 10.